The zero-order valence-corrected chi connectivity index (χ0v) is 7.93. The van der Waals surface area contributed by atoms with E-state index in [0.29, 0.717) is 6.42 Å². The monoisotopic (exact) mass is 176 g/mol. The number of alkyl halides is 1. The first-order valence-electron chi connectivity index (χ1n) is 4.26. The van der Waals surface area contributed by atoms with E-state index >= 15 is 0 Å². The topological polar surface area (TPSA) is 37.3 Å². The number of carbonyl (C=O) groups is 1. The summed E-state index contributed by atoms with van der Waals surface area (Å²) < 4.78 is 13.1. The van der Waals surface area contributed by atoms with E-state index in [-0.39, 0.29) is 12.3 Å². The first-order valence-corrected chi connectivity index (χ1v) is 4.26. The molecule has 0 radical (unpaired) electrons. The molecule has 0 aliphatic rings. The van der Waals surface area contributed by atoms with Gasteiger partial charge in [0.15, 0.2) is 0 Å². The lowest BCUT2D eigenvalue weighted by Crippen LogP contribution is -2.19. The molecule has 0 aliphatic heterocycles. The first kappa shape index (κ1) is 11.4. The molecule has 0 saturated heterocycles. The van der Waals surface area contributed by atoms with Gasteiger partial charge < -0.3 is 5.11 Å². The second-order valence-corrected chi connectivity index (χ2v) is 3.79. The molecule has 0 aromatic carbocycles. The van der Waals surface area contributed by atoms with Gasteiger partial charge in [0.2, 0.25) is 0 Å². The van der Waals surface area contributed by atoms with Gasteiger partial charge in [0.1, 0.15) is 5.67 Å². The number of hydrogen-bond acceptors (Lipinski definition) is 1. The summed E-state index contributed by atoms with van der Waals surface area (Å²) in [6.07, 6.45) is 1.12. The van der Waals surface area contributed by atoms with Crippen LogP contribution in [0, 0.1) is 5.92 Å². The van der Waals surface area contributed by atoms with E-state index < -0.39 is 11.6 Å². The van der Waals surface area contributed by atoms with Gasteiger partial charge in [-0.1, -0.05) is 13.3 Å². The summed E-state index contributed by atoms with van der Waals surface area (Å²) in [5, 5.41) is 8.49. The Kier molecular flexibility index (Phi) is 4.21. The lowest BCUT2D eigenvalue weighted by atomic mass is 9.90. The van der Waals surface area contributed by atoms with E-state index in [1.807, 2.05) is 6.92 Å². The molecule has 0 saturated carbocycles. The maximum absolute atomic E-state index is 13.1. The SMILES string of the molecule is CCC(CC(=O)O)CC(C)(C)F. The van der Waals surface area contributed by atoms with Crippen molar-refractivity contribution < 1.29 is 14.3 Å². The van der Waals surface area contributed by atoms with Gasteiger partial charge in [-0.15, -0.1) is 0 Å². The lowest BCUT2D eigenvalue weighted by molar-refractivity contribution is -0.138. The molecule has 0 bridgehead atoms. The average Bonchev–Trinajstić information content (AvgIpc) is 1.82. The highest BCUT2D eigenvalue weighted by molar-refractivity contribution is 5.67. The van der Waals surface area contributed by atoms with Gasteiger partial charge in [0, 0.05) is 6.42 Å². The van der Waals surface area contributed by atoms with Crippen LogP contribution in [0.5, 0.6) is 0 Å². The van der Waals surface area contributed by atoms with E-state index in [0.717, 1.165) is 6.42 Å². The lowest BCUT2D eigenvalue weighted by Gasteiger charge is -2.20. The fourth-order valence-corrected chi connectivity index (χ4v) is 1.29. The van der Waals surface area contributed by atoms with E-state index in [1.54, 1.807) is 0 Å². The predicted molar refractivity (Wildman–Crippen MR) is 45.8 cm³/mol. The Bertz CT molecular complexity index is 149. The average molecular weight is 176 g/mol. The largest absolute Gasteiger partial charge is 0.481 e. The Morgan fingerprint density at radius 1 is 1.58 bits per heavy atom. The van der Waals surface area contributed by atoms with Crippen molar-refractivity contribution in [3.05, 3.63) is 0 Å². The Hall–Kier alpha value is -0.600. The fourth-order valence-electron chi connectivity index (χ4n) is 1.29. The molecule has 72 valence electrons. The molecular weight excluding hydrogens is 159 g/mol. The number of aliphatic carboxylic acids is 1. The van der Waals surface area contributed by atoms with Crippen molar-refractivity contribution in [3.63, 3.8) is 0 Å². The molecule has 2 nitrogen and oxygen atoms in total. The second kappa shape index (κ2) is 4.43. The van der Waals surface area contributed by atoms with Crippen LogP contribution in [0.25, 0.3) is 0 Å². The summed E-state index contributed by atoms with van der Waals surface area (Å²) in [4.78, 5) is 10.3. The minimum atomic E-state index is -1.25. The normalized spacial score (nSPS) is 14.3. The number of carboxylic acid groups (broad SMARTS) is 1. The van der Waals surface area contributed by atoms with Crippen molar-refractivity contribution in [1.82, 2.24) is 0 Å². The minimum absolute atomic E-state index is 0.0394. The molecule has 1 N–H and O–H groups in total. The highest BCUT2D eigenvalue weighted by Crippen LogP contribution is 2.24. The smallest absolute Gasteiger partial charge is 0.303 e. The van der Waals surface area contributed by atoms with Crippen LogP contribution in [0.4, 0.5) is 4.39 Å². The Balaban J connectivity index is 3.92. The van der Waals surface area contributed by atoms with Crippen LogP contribution in [-0.4, -0.2) is 16.7 Å². The zero-order chi connectivity index (χ0) is 9.78. The third-order valence-electron chi connectivity index (χ3n) is 1.81. The summed E-state index contributed by atoms with van der Waals surface area (Å²) in [6.45, 7) is 4.86. The van der Waals surface area contributed by atoms with Gasteiger partial charge in [0.05, 0.1) is 0 Å². The molecule has 0 spiro atoms. The highest BCUT2D eigenvalue weighted by Gasteiger charge is 2.22. The number of rotatable bonds is 5. The Morgan fingerprint density at radius 3 is 2.33 bits per heavy atom. The summed E-state index contributed by atoms with van der Waals surface area (Å²) in [7, 11) is 0. The van der Waals surface area contributed by atoms with Gasteiger partial charge in [-0.2, -0.15) is 0 Å². The van der Waals surface area contributed by atoms with Gasteiger partial charge in [-0.25, -0.2) is 4.39 Å². The molecule has 3 heteroatoms. The minimum Gasteiger partial charge on any atom is -0.481 e. The molecule has 0 aromatic heterocycles. The standard InChI is InChI=1S/C9H17FO2/c1-4-7(5-8(11)12)6-9(2,3)10/h7H,4-6H2,1-3H3,(H,11,12). The molecule has 0 fully saturated rings. The fraction of sp³-hybridized carbons (Fsp3) is 0.889. The highest BCUT2D eigenvalue weighted by atomic mass is 19.1. The van der Waals surface area contributed by atoms with Gasteiger partial charge in [0.25, 0.3) is 0 Å². The summed E-state index contributed by atoms with van der Waals surface area (Å²) >= 11 is 0. The number of hydrogen-bond donors (Lipinski definition) is 1. The van der Waals surface area contributed by atoms with E-state index in [2.05, 4.69) is 0 Å². The van der Waals surface area contributed by atoms with Crippen LogP contribution in [0.3, 0.4) is 0 Å². The predicted octanol–water partition coefficient (Wildman–Crippen LogP) is 2.63. The Labute approximate surface area is 72.8 Å². The molecule has 12 heavy (non-hydrogen) atoms. The molecule has 0 rings (SSSR count). The van der Waals surface area contributed by atoms with E-state index in [9.17, 15) is 9.18 Å². The van der Waals surface area contributed by atoms with Crippen molar-refractivity contribution in [2.75, 3.05) is 0 Å². The van der Waals surface area contributed by atoms with Gasteiger partial charge in [-0.3, -0.25) is 4.79 Å². The van der Waals surface area contributed by atoms with Crippen LogP contribution in [0.1, 0.15) is 40.0 Å². The third-order valence-corrected chi connectivity index (χ3v) is 1.81. The van der Waals surface area contributed by atoms with Crippen molar-refractivity contribution in [2.24, 2.45) is 5.92 Å². The van der Waals surface area contributed by atoms with Crippen molar-refractivity contribution in [2.45, 2.75) is 45.7 Å². The summed E-state index contributed by atoms with van der Waals surface area (Å²) in [5.41, 5.74) is -1.25. The van der Waals surface area contributed by atoms with Crippen molar-refractivity contribution >= 4 is 5.97 Å². The van der Waals surface area contributed by atoms with Crippen molar-refractivity contribution in [3.8, 4) is 0 Å². The Morgan fingerprint density at radius 2 is 2.08 bits per heavy atom. The maximum atomic E-state index is 13.1. The summed E-state index contributed by atoms with van der Waals surface area (Å²) in [6, 6.07) is 0. The molecule has 1 atom stereocenters. The van der Waals surface area contributed by atoms with Crippen LogP contribution in [0.2, 0.25) is 0 Å². The van der Waals surface area contributed by atoms with Crippen LogP contribution < -0.4 is 0 Å². The number of carboxylic acids is 1. The molecule has 0 aliphatic carbocycles. The molecule has 0 amide bonds. The molecule has 1 unspecified atom stereocenters. The van der Waals surface area contributed by atoms with E-state index in [4.69, 9.17) is 5.11 Å². The van der Waals surface area contributed by atoms with Gasteiger partial charge in [-0.05, 0) is 26.2 Å². The third kappa shape index (κ3) is 6.13. The van der Waals surface area contributed by atoms with E-state index in [1.165, 1.54) is 13.8 Å². The molecular formula is C9H17FO2. The summed E-state index contributed by atoms with van der Waals surface area (Å²) in [5.74, 6) is -0.881. The van der Waals surface area contributed by atoms with Crippen LogP contribution in [0.15, 0.2) is 0 Å². The number of halogens is 1. The second-order valence-electron chi connectivity index (χ2n) is 3.79. The quantitative estimate of drug-likeness (QED) is 0.699. The van der Waals surface area contributed by atoms with Crippen LogP contribution >= 0.6 is 0 Å². The first-order chi connectivity index (χ1) is 5.35. The molecule has 0 aromatic rings. The maximum Gasteiger partial charge on any atom is 0.303 e. The van der Waals surface area contributed by atoms with Crippen LogP contribution in [-0.2, 0) is 4.79 Å². The zero-order valence-electron chi connectivity index (χ0n) is 7.93. The van der Waals surface area contributed by atoms with Crippen molar-refractivity contribution in [1.29, 1.82) is 0 Å². The molecule has 0 heterocycles. The van der Waals surface area contributed by atoms with Gasteiger partial charge >= 0.3 is 5.97 Å².